The molecule has 0 aliphatic rings. The maximum Gasteiger partial charge on any atom is 0.224 e. The molecule has 0 saturated heterocycles. The van der Waals surface area contributed by atoms with Gasteiger partial charge in [-0.05, 0) is 31.5 Å². The van der Waals surface area contributed by atoms with E-state index in [1.54, 1.807) is 17.0 Å². The number of sulfonamides is 1. The van der Waals surface area contributed by atoms with Crippen molar-refractivity contribution >= 4 is 15.9 Å². The predicted molar refractivity (Wildman–Crippen MR) is 79.7 cm³/mol. The predicted octanol–water partition coefficient (Wildman–Crippen LogP) is 1.67. The molecule has 0 aliphatic heterocycles. The number of nitrogens with one attached hydrogen (secondary N) is 1. The second-order valence-electron chi connectivity index (χ2n) is 4.82. The fourth-order valence-electron chi connectivity index (χ4n) is 2.07. The minimum atomic E-state index is -3.29. The van der Waals surface area contributed by atoms with Crippen molar-refractivity contribution in [1.29, 1.82) is 0 Å². The number of carbonyl (C=O) groups excluding carboxylic acids is 1. The summed E-state index contributed by atoms with van der Waals surface area (Å²) >= 11 is 0. The minimum absolute atomic E-state index is 0.0737. The highest BCUT2D eigenvalue weighted by molar-refractivity contribution is 7.88. The largest absolute Gasteiger partial charge is 0.336 e. The molecule has 1 aromatic rings. The van der Waals surface area contributed by atoms with E-state index >= 15 is 0 Å². The molecule has 7 heteroatoms. The molecule has 118 valence electrons. The fourth-order valence-corrected chi connectivity index (χ4v) is 2.55. The van der Waals surface area contributed by atoms with Gasteiger partial charge in [0.25, 0.3) is 0 Å². The van der Waals surface area contributed by atoms with Crippen molar-refractivity contribution in [1.82, 2.24) is 9.62 Å². The van der Waals surface area contributed by atoms with Gasteiger partial charge in [0.05, 0.1) is 12.3 Å². The van der Waals surface area contributed by atoms with Gasteiger partial charge in [0.15, 0.2) is 0 Å². The molecule has 0 fully saturated rings. The van der Waals surface area contributed by atoms with Crippen LogP contribution in [0, 0.1) is 5.82 Å². The van der Waals surface area contributed by atoms with Crippen LogP contribution < -0.4 is 4.72 Å². The summed E-state index contributed by atoms with van der Waals surface area (Å²) in [5.41, 5.74) is 0.836. The SMILES string of the molecule is CCN(C(=O)CCNS(C)(=O)=O)[C@@H](C)c1ccc(F)cc1. The summed E-state index contributed by atoms with van der Waals surface area (Å²) in [5.74, 6) is -0.469. The monoisotopic (exact) mass is 316 g/mol. The van der Waals surface area contributed by atoms with Gasteiger partial charge in [-0.2, -0.15) is 0 Å². The lowest BCUT2D eigenvalue weighted by molar-refractivity contribution is -0.132. The number of carbonyl (C=O) groups is 1. The average Bonchev–Trinajstić information content (AvgIpc) is 2.38. The molecule has 1 N–H and O–H groups in total. The van der Waals surface area contributed by atoms with E-state index in [0.29, 0.717) is 6.54 Å². The number of hydrogen-bond acceptors (Lipinski definition) is 3. The van der Waals surface area contributed by atoms with E-state index in [1.807, 2.05) is 13.8 Å². The molecule has 0 bridgehead atoms. The van der Waals surface area contributed by atoms with Gasteiger partial charge in [-0.25, -0.2) is 17.5 Å². The van der Waals surface area contributed by atoms with E-state index in [1.165, 1.54) is 12.1 Å². The van der Waals surface area contributed by atoms with Crippen molar-refractivity contribution in [3.05, 3.63) is 35.6 Å². The van der Waals surface area contributed by atoms with Crippen molar-refractivity contribution in [3.63, 3.8) is 0 Å². The number of benzene rings is 1. The molecule has 0 spiro atoms. The highest BCUT2D eigenvalue weighted by Gasteiger charge is 2.19. The Morgan fingerprint density at radius 1 is 1.33 bits per heavy atom. The first kappa shape index (κ1) is 17.6. The molecule has 0 aliphatic carbocycles. The summed E-state index contributed by atoms with van der Waals surface area (Å²) in [6.07, 6.45) is 1.14. The summed E-state index contributed by atoms with van der Waals surface area (Å²) in [5, 5.41) is 0. The maximum absolute atomic E-state index is 12.9. The number of amides is 1. The van der Waals surface area contributed by atoms with E-state index in [4.69, 9.17) is 0 Å². The van der Waals surface area contributed by atoms with Crippen LogP contribution in [-0.4, -0.2) is 38.6 Å². The van der Waals surface area contributed by atoms with Crippen molar-refractivity contribution in [2.75, 3.05) is 19.3 Å². The van der Waals surface area contributed by atoms with Gasteiger partial charge in [0.2, 0.25) is 15.9 Å². The van der Waals surface area contributed by atoms with Crippen LogP contribution in [0.2, 0.25) is 0 Å². The van der Waals surface area contributed by atoms with Gasteiger partial charge in [-0.1, -0.05) is 12.1 Å². The number of rotatable bonds is 7. The van der Waals surface area contributed by atoms with E-state index in [2.05, 4.69) is 4.72 Å². The Morgan fingerprint density at radius 2 is 1.90 bits per heavy atom. The summed E-state index contributed by atoms with van der Waals surface area (Å²) in [4.78, 5) is 13.8. The molecular formula is C14H21FN2O3S. The van der Waals surface area contributed by atoms with Crippen molar-refractivity contribution < 1.29 is 17.6 Å². The quantitative estimate of drug-likeness (QED) is 0.832. The highest BCUT2D eigenvalue weighted by Crippen LogP contribution is 2.20. The Hall–Kier alpha value is -1.47. The van der Waals surface area contributed by atoms with Gasteiger partial charge in [-0.3, -0.25) is 4.79 Å². The lowest BCUT2D eigenvalue weighted by Crippen LogP contribution is -2.36. The van der Waals surface area contributed by atoms with Crippen LogP contribution in [0.1, 0.15) is 31.9 Å². The summed E-state index contributed by atoms with van der Waals surface area (Å²) in [6, 6.07) is 5.81. The van der Waals surface area contributed by atoms with Crippen molar-refractivity contribution in [2.45, 2.75) is 26.3 Å². The molecule has 1 rings (SSSR count). The van der Waals surface area contributed by atoms with E-state index in [-0.39, 0.29) is 30.7 Å². The van der Waals surface area contributed by atoms with E-state index in [0.717, 1.165) is 11.8 Å². The smallest absolute Gasteiger partial charge is 0.224 e. The third-order valence-electron chi connectivity index (χ3n) is 3.18. The van der Waals surface area contributed by atoms with Crippen LogP contribution in [0.4, 0.5) is 4.39 Å². The summed E-state index contributed by atoms with van der Waals surface area (Å²) in [6.45, 7) is 4.28. The van der Waals surface area contributed by atoms with Gasteiger partial charge < -0.3 is 4.90 Å². The Balaban J connectivity index is 2.68. The fraction of sp³-hybridized carbons (Fsp3) is 0.500. The second kappa shape index (κ2) is 7.51. The molecule has 1 atom stereocenters. The molecule has 1 amide bonds. The lowest BCUT2D eigenvalue weighted by Gasteiger charge is -2.28. The molecule has 0 unspecified atom stereocenters. The minimum Gasteiger partial charge on any atom is -0.336 e. The average molecular weight is 316 g/mol. The first-order valence-corrected chi connectivity index (χ1v) is 8.63. The van der Waals surface area contributed by atoms with Crippen LogP contribution >= 0.6 is 0 Å². The molecular weight excluding hydrogens is 295 g/mol. The Kier molecular flexibility index (Phi) is 6.29. The Bertz CT molecular complexity index is 572. The van der Waals surface area contributed by atoms with Gasteiger partial charge in [0, 0.05) is 19.5 Å². The summed E-state index contributed by atoms with van der Waals surface area (Å²) in [7, 11) is -3.29. The Morgan fingerprint density at radius 3 is 2.38 bits per heavy atom. The van der Waals surface area contributed by atoms with Crippen molar-refractivity contribution in [2.24, 2.45) is 0 Å². The Labute approximate surface area is 125 Å². The molecule has 0 heterocycles. The molecule has 1 aromatic carbocycles. The number of nitrogens with zero attached hydrogens (tertiary/aromatic N) is 1. The summed E-state index contributed by atoms with van der Waals surface area (Å²) < 4.78 is 37.2. The first-order valence-electron chi connectivity index (χ1n) is 6.74. The molecule has 0 radical (unpaired) electrons. The third-order valence-corrected chi connectivity index (χ3v) is 3.91. The van der Waals surface area contributed by atoms with Crippen LogP contribution in [-0.2, 0) is 14.8 Å². The number of hydrogen-bond donors (Lipinski definition) is 1. The van der Waals surface area contributed by atoms with Crippen molar-refractivity contribution in [3.8, 4) is 0 Å². The molecule has 0 aromatic heterocycles. The van der Waals surface area contributed by atoms with Crippen LogP contribution in [0.3, 0.4) is 0 Å². The zero-order valence-corrected chi connectivity index (χ0v) is 13.3. The van der Waals surface area contributed by atoms with E-state index in [9.17, 15) is 17.6 Å². The normalized spacial score (nSPS) is 13.0. The van der Waals surface area contributed by atoms with Gasteiger partial charge in [0.1, 0.15) is 5.82 Å². The topological polar surface area (TPSA) is 66.5 Å². The second-order valence-corrected chi connectivity index (χ2v) is 6.66. The van der Waals surface area contributed by atoms with E-state index < -0.39 is 10.0 Å². The maximum atomic E-state index is 12.9. The van der Waals surface area contributed by atoms with Gasteiger partial charge in [-0.15, -0.1) is 0 Å². The number of halogens is 1. The lowest BCUT2D eigenvalue weighted by atomic mass is 10.1. The molecule has 0 saturated carbocycles. The highest BCUT2D eigenvalue weighted by atomic mass is 32.2. The van der Waals surface area contributed by atoms with Gasteiger partial charge >= 0.3 is 0 Å². The zero-order chi connectivity index (χ0) is 16.0. The van der Waals surface area contributed by atoms with Crippen LogP contribution in [0.15, 0.2) is 24.3 Å². The standard InChI is InChI=1S/C14H21FN2O3S/c1-4-17(14(18)9-10-16-21(3,19)20)11(2)12-5-7-13(15)8-6-12/h5-8,11,16H,4,9-10H2,1-3H3/t11-/m0/s1. The zero-order valence-electron chi connectivity index (χ0n) is 12.5. The van der Waals surface area contributed by atoms with Crippen LogP contribution in [0.5, 0.6) is 0 Å². The molecule has 21 heavy (non-hydrogen) atoms. The molecule has 5 nitrogen and oxygen atoms in total. The van der Waals surface area contributed by atoms with Crippen LogP contribution in [0.25, 0.3) is 0 Å². The third kappa shape index (κ3) is 5.81. The first-order chi connectivity index (χ1) is 9.74.